The molecule has 0 amide bonds. The molecule has 19 heavy (non-hydrogen) atoms. The molecule has 1 atom stereocenters. The van der Waals surface area contributed by atoms with Crippen LogP contribution in [0, 0.1) is 0 Å². The van der Waals surface area contributed by atoms with Crippen LogP contribution in [-0.2, 0) is 6.54 Å². The van der Waals surface area contributed by atoms with Gasteiger partial charge in [-0.05, 0) is 18.4 Å². The third-order valence-corrected chi connectivity index (χ3v) is 5.05. The van der Waals surface area contributed by atoms with Crippen LogP contribution in [0.3, 0.4) is 0 Å². The number of aromatic nitrogens is 1. The number of thiazole rings is 1. The Labute approximate surface area is 128 Å². The Balaban J connectivity index is 0.00000133. The van der Waals surface area contributed by atoms with Crippen molar-refractivity contribution in [2.45, 2.75) is 19.5 Å². The first kappa shape index (κ1) is 14.9. The minimum absolute atomic E-state index is 0. The van der Waals surface area contributed by atoms with Gasteiger partial charge in [-0.15, -0.1) is 35.1 Å². The Bertz CT molecular complexity index is 498. The Hall–Kier alpha value is -0.460. The van der Waals surface area contributed by atoms with Crippen molar-refractivity contribution in [1.29, 1.82) is 0 Å². The predicted octanol–water partition coefficient (Wildman–Crippen LogP) is 3.09. The molecule has 2 aromatic rings. The van der Waals surface area contributed by atoms with Gasteiger partial charge < -0.3 is 5.32 Å². The van der Waals surface area contributed by atoms with Crippen molar-refractivity contribution in [3.63, 3.8) is 0 Å². The van der Waals surface area contributed by atoms with Gasteiger partial charge in [0.2, 0.25) is 0 Å². The lowest BCUT2D eigenvalue weighted by Gasteiger charge is -2.31. The molecule has 3 rings (SSSR count). The highest BCUT2D eigenvalue weighted by Gasteiger charge is 2.16. The highest BCUT2D eigenvalue weighted by molar-refractivity contribution is 7.20. The molecule has 1 saturated heterocycles. The molecule has 0 radical (unpaired) electrons. The number of hydrogen-bond donors (Lipinski definition) is 1. The van der Waals surface area contributed by atoms with Crippen LogP contribution in [0.5, 0.6) is 0 Å². The van der Waals surface area contributed by atoms with E-state index in [0.29, 0.717) is 6.04 Å². The van der Waals surface area contributed by atoms with Crippen molar-refractivity contribution in [3.8, 4) is 9.88 Å². The summed E-state index contributed by atoms with van der Waals surface area (Å²) < 4.78 is 0. The number of hydrogen-bond acceptors (Lipinski definition) is 5. The highest BCUT2D eigenvalue weighted by atomic mass is 35.5. The van der Waals surface area contributed by atoms with E-state index in [-0.39, 0.29) is 12.4 Å². The summed E-state index contributed by atoms with van der Waals surface area (Å²) in [5.41, 5.74) is 1.21. The van der Waals surface area contributed by atoms with Gasteiger partial charge in [-0.25, -0.2) is 4.98 Å². The predicted molar refractivity (Wildman–Crippen MR) is 85.4 cm³/mol. The number of nitrogens with one attached hydrogen (secondary N) is 1. The molecule has 1 aliphatic rings. The molecule has 0 saturated carbocycles. The van der Waals surface area contributed by atoms with Crippen LogP contribution in [0.4, 0.5) is 0 Å². The molecule has 3 heterocycles. The van der Waals surface area contributed by atoms with Crippen LogP contribution in [0.1, 0.15) is 12.6 Å². The monoisotopic (exact) mass is 315 g/mol. The summed E-state index contributed by atoms with van der Waals surface area (Å²) in [7, 11) is 0. The third-order valence-electron chi connectivity index (χ3n) is 3.12. The maximum atomic E-state index is 4.74. The fourth-order valence-corrected chi connectivity index (χ4v) is 3.90. The molecular formula is C13H18ClN3S2. The first-order valence-corrected chi connectivity index (χ1v) is 8.01. The SMILES string of the molecule is CC1CN(Cc2csc(-c3cccs3)n2)CCN1.Cl. The molecule has 0 aliphatic carbocycles. The van der Waals surface area contributed by atoms with Crippen LogP contribution >= 0.6 is 35.1 Å². The Morgan fingerprint density at radius 2 is 2.37 bits per heavy atom. The van der Waals surface area contributed by atoms with E-state index in [1.165, 1.54) is 10.6 Å². The normalized spacial score (nSPS) is 20.2. The van der Waals surface area contributed by atoms with Crippen LogP contribution in [0.2, 0.25) is 0 Å². The Kier molecular flexibility index (Phi) is 5.36. The quantitative estimate of drug-likeness (QED) is 0.943. The minimum atomic E-state index is 0. The van der Waals surface area contributed by atoms with Crippen molar-refractivity contribution in [1.82, 2.24) is 15.2 Å². The Morgan fingerprint density at radius 1 is 1.47 bits per heavy atom. The largest absolute Gasteiger partial charge is 0.312 e. The molecule has 1 unspecified atom stereocenters. The molecule has 0 bridgehead atoms. The standard InChI is InChI=1S/C13H17N3S2.ClH/c1-10-7-16(5-4-14-10)8-11-9-18-13(15-11)12-3-2-6-17-12;/h2-3,6,9-10,14H,4-5,7-8H2,1H3;1H. The zero-order valence-corrected chi connectivity index (χ0v) is 13.3. The molecular weight excluding hydrogens is 298 g/mol. The topological polar surface area (TPSA) is 28.2 Å². The van der Waals surface area contributed by atoms with Crippen molar-refractivity contribution in [2.24, 2.45) is 0 Å². The number of thiophene rings is 1. The summed E-state index contributed by atoms with van der Waals surface area (Å²) >= 11 is 3.51. The van der Waals surface area contributed by atoms with Crippen LogP contribution < -0.4 is 5.32 Å². The summed E-state index contributed by atoms with van der Waals surface area (Å²) in [5.74, 6) is 0. The fraction of sp³-hybridized carbons (Fsp3) is 0.462. The van der Waals surface area contributed by atoms with E-state index in [1.54, 1.807) is 22.7 Å². The lowest BCUT2D eigenvalue weighted by Crippen LogP contribution is -2.48. The molecule has 3 nitrogen and oxygen atoms in total. The van der Waals surface area contributed by atoms with Gasteiger partial charge in [0.1, 0.15) is 5.01 Å². The number of halogens is 1. The second kappa shape index (κ2) is 6.81. The molecule has 2 aromatic heterocycles. The maximum absolute atomic E-state index is 4.74. The summed E-state index contributed by atoms with van der Waals surface area (Å²) in [5, 5.41) is 8.92. The van der Waals surface area contributed by atoms with Gasteiger partial charge in [0, 0.05) is 37.6 Å². The number of piperazine rings is 1. The van der Waals surface area contributed by atoms with Gasteiger partial charge >= 0.3 is 0 Å². The second-order valence-electron chi connectivity index (χ2n) is 4.71. The van der Waals surface area contributed by atoms with Gasteiger partial charge in [-0.3, -0.25) is 4.90 Å². The van der Waals surface area contributed by atoms with Crippen molar-refractivity contribution in [2.75, 3.05) is 19.6 Å². The van der Waals surface area contributed by atoms with Crippen molar-refractivity contribution < 1.29 is 0 Å². The van der Waals surface area contributed by atoms with Crippen molar-refractivity contribution in [3.05, 3.63) is 28.6 Å². The molecule has 0 aromatic carbocycles. The van der Waals surface area contributed by atoms with Gasteiger partial charge in [-0.2, -0.15) is 0 Å². The smallest absolute Gasteiger partial charge is 0.133 e. The highest BCUT2D eigenvalue weighted by Crippen LogP contribution is 2.28. The van der Waals surface area contributed by atoms with Gasteiger partial charge in [0.05, 0.1) is 10.6 Å². The minimum Gasteiger partial charge on any atom is -0.312 e. The number of nitrogens with zero attached hydrogens (tertiary/aromatic N) is 2. The summed E-state index contributed by atoms with van der Waals surface area (Å²) in [6.07, 6.45) is 0. The molecule has 6 heteroatoms. The van der Waals surface area contributed by atoms with E-state index in [2.05, 4.69) is 40.0 Å². The molecule has 1 N–H and O–H groups in total. The lowest BCUT2D eigenvalue weighted by molar-refractivity contribution is 0.198. The van der Waals surface area contributed by atoms with E-state index >= 15 is 0 Å². The van der Waals surface area contributed by atoms with Gasteiger partial charge in [-0.1, -0.05) is 6.07 Å². The third kappa shape index (κ3) is 3.77. The van der Waals surface area contributed by atoms with Crippen molar-refractivity contribution >= 4 is 35.1 Å². The summed E-state index contributed by atoms with van der Waals surface area (Å²) in [4.78, 5) is 8.50. The van der Waals surface area contributed by atoms with Crippen LogP contribution in [0.25, 0.3) is 9.88 Å². The number of rotatable bonds is 3. The Morgan fingerprint density at radius 3 is 3.11 bits per heavy atom. The molecule has 104 valence electrons. The van der Waals surface area contributed by atoms with E-state index in [0.717, 1.165) is 31.2 Å². The molecule has 1 aliphatic heterocycles. The van der Waals surface area contributed by atoms with E-state index < -0.39 is 0 Å². The average molecular weight is 316 g/mol. The summed E-state index contributed by atoms with van der Waals surface area (Å²) in [6.45, 7) is 6.54. The average Bonchev–Trinajstić information content (AvgIpc) is 2.98. The maximum Gasteiger partial charge on any atom is 0.133 e. The first-order chi connectivity index (χ1) is 8.81. The zero-order valence-electron chi connectivity index (χ0n) is 10.8. The van der Waals surface area contributed by atoms with Gasteiger partial charge in [0.15, 0.2) is 0 Å². The first-order valence-electron chi connectivity index (χ1n) is 6.25. The van der Waals surface area contributed by atoms with Crippen LogP contribution in [0.15, 0.2) is 22.9 Å². The molecule has 1 fully saturated rings. The lowest BCUT2D eigenvalue weighted by atomic mass is 10.2. The molecule has 0 spiro atoms. The summed E-state index contributed by atoms with van der Waals surface area (Å²) in [6, 6.07) is 4.81. The zero-order chi connectivity index (χ0) is 12.4. The van der Waals surface area contributed by atoms with E-state index in [9.17, 15) is 0 Å². The van der Waals surface area contributed by atoms with E-state index in [1.807, 2.05) is 0 Å². The van der Waals surface area contributed by atoms with Crippen LogP contribution in [-0.4, -0.2) is 35.6 Å². The van der Waals surface area contributed by atoms with Gasteiger partial charge in [0.25, 0.3) is 0 Å². The fourth-order valence-electron chi connectivity index (χ4n) is 2.28. The second-order valence-corrected chi connectivity index (χ2v) is 6.52. The van der Waals surface area contributed by atoms with E-state index in [4.69, 9.17) is 4.98 Å².